The second-order valence-electron chi connectivity index (χ2n) is 10.9. The van der Waals surface area contributed by atoms with Crippen LogP contribution in [0, 0.1) is 11.8 Å². The minimum atomic E-state index is -1.05. The molecule has 1 aliphatic rings. The van der Waals surface area contributed by atoms with E-state index >= 15 is 0 Å². The van der Waals surface area contributed by atoms with Crippen LogP contribution in [0.2, 0.25) is 0 Å². The predicted molar refractivity (Wildman–Crippen MR) is 146 cm³/mol. The minimum absolute atomic E-state index is 0.00780. The second-order valence-corrected chi connectivity index (χ2v) is 10.9. The molecule has 7 heteroatoms. The molecule has 2 aromatic carbocycles. The SMILES string of the molecule is CCn1nc(C(=O)NC[C@@H]2CC[C@@H](C)C[C@H](O)C[C@@H](c3ccccc3)C[C@@]2(C)O)c2ccccc2c1=O. The Morgan fingerprint density at radius 2 is 1.76 bits per heavy atom. The number of nitrogens with zero attached hydrogens (tertiary/aromatic N) is 2. The van der Waals surface area contributed by atoms with Gasteiger partial charge in [-0.2, -0.15) is 5.10 Å². The Kier molecular flexibility index (Phi) is 8.45. The lowest BCUT2D eigenvalue weighted by Gasteiger charge is -2.38. The lowest BCUT2D eigenvalue weighted by atomic mass is 9.73. The summed E-state index contributed by atoms with van der Waals surface area (Å²) in [6, 6.07) is 17.1. The first-order chi connectivity index (χ1) is 17.7. The van der Waals surface area contributed by atoms with Crippen molar-refractivity contribution in [3.8, 4) is 0 Å². The molecule has 1 saturated carbocycles. The van der Waals surface area contributed by atoms with Gasteiger partial charge in [-0.3, -0.25) is 9.59 Å². The topological polar surface area (TPSA) is 104 Å². The third-order valence-electron chi connectivity index (χ3n) is 7.94. The molecule has 3 N–H and O–H groups in total. The number of fused-ring (bicyclic) bond motifs is 1. The molecule has 198 valence electrons. The molecule has 0 spiro atoms. The number of rotatable bonds is 5. The Balaban J connectivity index is 1.58. The fourth-order valence-electron chi connectivity index (χ4n) is 5.77. The standard InChI is InChI=1S/C30H39N3O4/c1-4-33-29(36)26-13-9-8-12-25(26)27(32-33)28(35)31-19-23-15-14-20(2)16-24(34)17-22(18-30(23,3)37)21-10-6-5-7-11-21/h5-13,20,22-24,34,37H,4,14-19H2,1-3H3,(H,31,35)/t20-,22-,23+,24+,30-/m1/s1. The number of aryl methyl sites for hydroxylation is 1. The summed E-state index contributed by atoms with van der Waals surface area (Å²) >= 11 is 0. The van der Waals surface area contributed by atoms with Crippen molar-refractivity contribution in [1.29, 1.82) is 0 Å². The maximum Gasteiger partial charge on any atom is 0.274 e. The Morgan fingerprint density at radius 3 is 2.46 bits per heavy atom. The third kappa shape index (κ3) is 6.28. The molecule has 7 nitrogen and oxygen atoms in total. The number of carbonyl (C=O) groups excluding carboxylic acids is 1. The Bertz CT molecular complexity index is 1270. The molecule has 0 unspecified atom stereocenters. The number of amides is 1. The quantitative estimate of drug-likeness (QED) is 0.481. The zero-order valence-corrected chi connectivity index (χ0v) is 22.1. The molecule has 5 atom stereocenters. The van der Waals surface area contributed by atoms with Crippen molar-refractivity contribution in [2.24, 2.45) is 11.8 Å². The maximum atomic E-state index is 13.4. The predicted octanol–water partition coefficient (Wildman–Crippen LogP) is 4.26. The van der Waals surface area contributed by atoms with Gasteiger partial charge in [-0.1, -0.05) is 61.9 Å². The molecule has 3 aromatic rings. The fraction of sp³-hybridized carbons (Fsp3) is 0.500. The number of hydrogen-bond acceptors (Lipinski definition) is 5. The monoisotopic (exact) mass is 505 g/mol. The van der Waals surface area contributed by atoms with E-state index in [-0.39, 0.29) is 29.0 Å². The van der Waals surface area contributed by atoms with Crippen LogP contribution in [-0.4, -0.2) is 44.2 Å². The molecule has 4 rings (SSSR count). The molecule has 1 aromatic heterocycles. The van der Waals surface area contributed by atoms with Crippen molar-refractivity contribution in [3.63, 3.8) is 0 Å². The summed E-state index contributed by atoms with van der Waals surface area (Å²) in [6.45, 7) is 6.47. The lowest BCUT2D eigenvalue weighted by molar-refractivity contribution is -0.0278. The molecule has 1 aliphatic carbocycles. The van der Waals surface area contributed by atoms with E-state index in [1.807, 2.05) is 32.0 Å². The van der Waals surface area contributed by atoms with Crippen LogP contribution in [0.4, 0.5) is 0 Å². The zero-order valence-electron chi connectivity index (χ0n) is 22.1. The molecule has 1 amide bonds. The zero-order chi connectivity index (χ0) is 26.6. The number of nitrogens with one attached hydrogen (secondary N) is 1. The molecule has 0 saturated heterocycles. The molecule has 37 heavy (non-hydrogen) atoms. The van der Waals surface area contributed by atoms with E-state index in [0.717, 1.165) is 24.8 Å². The van der Waals surface area contributed by atoms with Crippen molar-refractivity contribution in [3.05, 3.63) is 76.2 Å². The smallest absolute Gasteiger partial charge is 0.274 e. The molecular formula is C30H39N3O4. The van der Waals surface area contributed by atoms with Gasteiger partial charge in [0.25, 0.3) is 11.5 Å². The largest absolute Gasteiger partial charge is 0.393 e. The van der Waals surface area contributed by atoms with E-state index < -0.39 is 11.7 Å². The van der Waals surface area contributed by atoms with Crippen molar-refractivity contribution in [2.45, 2.75) is 77.0 Å². The van der Waals surface area contributed by atoms with Gasteiger partial charge in [-0.15, -0.1) is 0 Å². The summed E-state index contributed by atoms with van der Waals surface area (Å²) in [5.74, 6) is -0.219. The highest BCUT2D eigenvalue weighted by atomic mass is 16.3. The average Bonchev–Trinajstić information content (AvgIpc) is 2.88. The molecule has 0 radical (unpaired) electrons. The second kappa shape index (κ2) is 11.6. The molecular weight excluding hydrogens is 466 g/mol. The van der Waals surface area contributed by atoms with Crippen LogP contribution >= 0.6 is 0 Å². The number of aliphatic hydroxyl groups is 2. The lowest BCUT2D eigenvalue weighted by Crippen LogP contribution is -2.44. The third-order valence-corrected chi connectivity index (χ3v) is 7.94. The maximum absolute atomic E-state index is 13.4. The Labute approximate surface area is 218 Å². The first kappa shape index (κ1) is 27.0. The van der Waals surface area contributed by atoms with Crippen LogP contribution in [0.15, 0.2) is 59.4 Å². The van der Waals surface area contributed by atoms with Gasteiger partial charge in [-0.05, 0) is 63.0 Å². The molecule has 1 fully saturated rings. The summed E-state index contributed by atoms with van der Waals surface area (Å²) < 4.78 is 1.31. The normalized spacial score (nSPS) is 27.1. The Hall–Kier alpha value is -3.03. The summed E-state index contributed by atoms with van der Waals surface area (Å²) in [6.07, 6.45) is 2.97. The van der Waals surface area contributed by atoms with Gasteiger partial charge in [0, 0.05) is 24.4 Å². The van der Waals surface area contributed by atoms with E-state index in [4.69, 9.17) is 0 Å². The van der Waals surface area contributed by atoms with E-state index in [9.17, 15) is 19.8 Å². The first-order valence-corrected chi connectivity index (χ1v) is 13.4. The fourth-order valence-corrected chi connectivity index (χ4v) is 5.77. The van der Waals surface area contributed by atoms with E-state index in [2.05, 4.69) is 29.5 Å². The van der Waals surface area contributed by atoms with E-state index in [0.29, 0.717) is 42.6 Å². The van der Waals surface area contributed by atoms with E-state index in [1.165, 1.54) is 4.68 Å². The summed E-state index contributed by atoms with van der Waals surface area (Å²) in [5, 5.41) is 30.9. The average molecular weight is 506 g/mol. The highest BCUT2D eigenvalue weighted by molar-refractivity contribution is 6.04. The summed E-state index contributed by atoms with van der Waals surface area (Å²) in [4.78, 5) is 26.0. The van der Waals surface area contributed by atoms with Gasteiger partial charge in [0.2, 0.25) is 0 Å². The summed E-state index contributed by atoms with van der Waals surface area (Å²) in [5.41, 5.74) is 0.0565. The first-order valence-electron chi connectivity index (χ1n) is 13.4. The van der Waals surface area contributed by atoms with Gasteiger partial charge in [0.15, 0.2) is 5.69 Å². The van der Waals surface area contributed by atoms with Crippen molar-refractivity contribution in [2.75, 3.05) is 6.54 Å². The number of aliphatic hydroxyl groups excluding tert-OH is 1. The van der Waals surface area contributed by atoms with Gasteiger partial charge >= 0.3 is 0 Å². The van der Waals surface area contributed by atoms with Crippen molar-refractivity contribution >= 4 is 16.7 Å². The van der Waals surface area contributed by atoms with Gasteiger partial charge < -0.3 is 15.5 Å². The van der Waals surface area contributed by atoms with Crippen LogP contribution in [0.1, 0.15) is 74.8 Å². The molecule has 0 bridgehead atoms. The minimum Gasteiger partial charge on any atom is -0.393 e. The van der Waals surface area contributed by atoms with Crippen LogP contribution in [0.5, 0.6) is 0 Å². The molecule has 1 heterocycles. The number of benzene rings is 2. The number of hydrogen-bond donors (Lipinski definition) is 3. The van der Waals surface area contributed by atoms with Crippen molar-refractivity contribution in [1.82, 2.24) is 15.1 Å². The van der Waals surface area contributed by atoms with Crippen molar-refractivity contribution < 1.29 is 15.0 Å². The van der Waals surface area contributed by atoms with Crippen LogP contribution in [0.3, 0.4) is 0 Å². The van der Waals surface area contributed by atoms with Gasteiger partial charge in [0.1, 0.15) is 0 Å². The number of carbonyl (C=O) groups is 1. The number of aromatic nitrogens is 2. The molecule has 0 aliphatic heterocycles. The van der Waals surface area contributed by atoms with Crippen LogP contribution in [0.25, 0.3) is 10.8 Å². The summed E-state index contributed by atoms with van der Waals surface area (Å²) in [7, 11) is 0. The van der Waals surface area contributed by atoms with Crippen LogP contribution < -0.4 is 10.9 Å². The van der Waals surface area contributed by atoms with Gasteiger partial charge in [0.05, 0.1) is 17.1 Å². The Morgan fingerprint density at radius 1 is 1.08 bits per heavy atom. The highest BCUT2D eigenvalue weighted by Crippen LogP contribution is 2.38. The van der Waals surface area contributed by atoms with Gasteiger partial charge in [-0.25, -0.2) is 4.68 Å². The van der Waals surface area contributed by atoms with E-state index in [1.54, 1.807) is 24.3 Å². The van der Waals surface area contributed by atoms with Crippen LogP contribution in [-0.2, 0) is 6.54 Å². The highest BCUT2D eigenvalue weighted by Gasteiger charge is 2.37.